The lowest BCUT2D eigenvalue weighted by molar-refractivity contribution is 0.0964. The number of carbonyl (C=O) groups is 1. The van der Waals surface area contributed by atoms with Gasteiger partial charge in [0.1, 0.15) is 22.9 Å². The summed E-state index contributed by atoms with van der Waals surface area (Å²) >= 11 is 0. The van der Waals surface area contributed by atoms with Gasteiger partial charge in [-0.1, -0.05) is 0 Å². The average molecular weight is 426 g/mol. The molecule has 3 aromatic rings. The molecule has 4 rings (SSSR count). The normalized spacial score (nSPS) is 16.1. The molecule has 0 aliphatic carbocycles. The van der Waals surface area contributed by atoms with E-state index in [0.29, 0.717) is 40.2 Å². The van der Waals surface area contributed by atoms with Crippen LogP contribution < -0.4 is 15.4 Å². The van der Waals surface area contributed by atoms with Crippen molar-refractivity contribution in [1.82, 2.24) is 5.32 Å². The zero-order chi connectivity index (χ0) is 22.0. The Morgan fingerprint density at radius 2 is 2.03 bits per heavy atom. The number of halogens is 1. The van der Waals surface area contributed by atoms with Gasteiger partial charge in [-0.05, 0) is 57.0 Å². The van der Waals surface area contributed by atoms with Crippen molar-refractivity contribution in [2.75, 3.05) is 25.5 Å². The van der Waals surface area contributed by atoms with Gasteiger partial charge in [0.15, 0.2) is 0 Å². The third-order valence-corrected chi connectivity index (χ3v) is 5.26. The van der Waals surface area contributed by atoms with Gasteiger partial charge in [-0.2, -0.15) is 0 Å². The minimum atomic E-state index is -0.352. The Hall–Kier alpha value is -3.06. The highest BCUT2D eigenvalue weighted by Gasteiger charge is 2.24. The number of furan rings is 1. The molecule has 6 nitrogen and oxygen atoms in total. The van der Waals surface area contributed by atoms with E-state index in [0.717, 1.165) is 25.1 Å². The second-order valence-electron chi connectivity index (χ2n) is 7.92. The van der Waals surface area contributed by atoms with Crippen LogP contribution in [0, 0.1) is 5.82 Å². The van der Waals surface area contributed by atoms with Crippen LogP contribution in [0.3, 0.4) is 0 Å². The molecule has 1 aliphatic rings. The largest absolute Gasteiger partial charge is 0.489 e. The van der Waals surface area contributed by atoms with E-state index in [1.165, 1.54) is 12.1 Å². The molecule has 164 valence electrons. The highest BCUT2D eigenvalue weighted by molar-refractivity contribution is 6.12. The van der Waals surface area contributed by atoms with Crippen LogP contribution in [0.2, 0.25) is 0 Å². The Bertz CT molecular complexity index is 1070. The molecule has 0 spiro atoms. The smallest absolute Gasteiger partial charge is 0.255 e. The first-order chi connectivity index (χ1) is 15.0. The van der Waals surface area contributed by atoms with E-state index in [-0.39, 0.29) is 23.9 Å². The summed E-state index contributed by atoms with van der Waals surface area (Å²) in [6, 6.07) is 9.56. The van der Waals surface area contributed by atoms with Crippen LogP contribution in [0.15, 0.2) is 40.8 Å². The van der Waals surface area contributed by atoms with Crippen LogP contribution in [-0.4, -0.2) is 38.3 Å². The van der Waals surface area contributed by atoms with Crippen LogP contribution in [-0.2, 0) is 4.74 Å². The van der Waals surface area contributed by atoms with Crippen molar-refractivity contribution in [3.05, 3.63) is 47.8 Å². The van der Waals surface area contributed by atoms with E-state index in [2.05, 4.69) is 10.6 Å². The van der Waals surface area contributed by atoms with Gasteiger partial charge < -0.3 is 24.5 Å². The van der Waals surface area contributed by atoms with Gasteiger partial charge >= 0.3 is 0 Å². The van der Waals surface area contributed by atoms with Crippen molar-refractivity contribution in [2.45, 2.75) is 38.9 Å². The van der Waals surface area contributed by atoms with Gasteiger partial charge in [0, 0.05) is 37.2 Å². The van der Waals surface area contributed by atoms with E-state index in [1.807, 2.05) is 26.0 Å². The highest BCUT2D eigenvalue weighted by Crippen LogP contribution is 2.39. The van der Waals surface area contributed by atoms with Crippen molar-refractivity contribution < 1.29 is 23.1 Å². The Labute approximate surface area is 180 Å². The van der Waals surface area contributed by atoms with Crippen LogP contribution in [0.4, 0.5) is 10.1 Å². The summed E-state index contributed by atoms with van der Waals surface area (Å²) in [7, 11) is 1.57. The summed E-state index contributed by atoms with van der Waals surface area (Å²) in [5, 5.41) is 6.72. The molecule has 1 amide bonds. The Kier molecular flexibility index (Phi) is 6.13. The summed E-state index contributed by atoms with van der Waals surface area (Å²) in [6.45, 7) is 5.35. The summed E-state index contributed by atoms with van der Waals surface area (Å²) < 4.78 is 31.3. The minimum absolute atomic E-state index is 0.0485. The van der Waals surface area contributed by atoms with Gasteiger partial charge in [0.2, 0.25) is 0 Å². The maximum absolute atomic E-state index is 13.4. The Balaban J connectivity index is 1.81. The molecule has 1 fully saturated rings. The zero-order valence-electron chi connectivity index (χ0n) is 18.0. The third-order valence-electron chi connectivity index (χ3n) is 5.26. The molecule has 2 aromatic carbocycles. The molecule has 1 unspecified atom stereocenters. The monoisotopic (exact) mass is 426 g/mol. The van der Waals surface area contributed by atoms with E-state index < -0.39 is 0 Å². The second kappa shape index (κ2) is 8.98. The number of ether oxygens (including phenoxy) is 2. The number of rotatable bonds is 7. The number of nitrogens with one attached hydrogen (secondary N) is 2. The van der Waals surface area contributed by atoms with Gasteiger partial charge in [-0.25, -0.2) is 4.39 Å². The molecule has 1 aliphatic heterocycles. The average Bonchev–Trinajstić information content (AvgIpc) is 3.39. The predicted molar refractivity (Wildman–Crippen MR) is 118 cm³/mol. The fraction of sp³-hybridized carbons (Fsp3) is 0.375. The van der Waals surface area contributed by atoms with Crippen LogP contribution in [0.5, 0.6) is 5.75 Å². The van der Waals surface area contributed by atoms with Crippen molar-refractivity contribution in [2.24, 2.45) is 0 Å². The Morgan fingerprint density at radius 1 is 1.26 bits per heavy atom. The van der Waals surface area contributed by atoms with Crippen LogP contribution in [0.25, 0.3) is 22.3 Å². The lowest BCUT2D eigenvalue weighted by atomic mass is 10.0. The summed E-state index contributed by atoms with van der Waals surface area (Å²) in [5.41, 5.74) is 2.34. The molecule has 7 heteroatoms. The summed E-state index contributed by atoms with van der Waals surface area (Å²) in [6.07, 6.45) is 2.20. The fourth-order valence-electron chi connectivity index (χ4n) is 3.80. The molecule has 2 N–H and O–H groups in total. The number of fused-ring (bicyclic) bond motifs is 1. The Morgan fingerprint density at radius 3 is 2.68 bits per heavy atom. The molecule has 2 heterocycles. The zero-order valence-corrected chi connectivity index (χ0v) is 18.0. The number of carbonyl (C=O) groups excluding carboxylic acids is 1. The molecule has 1 saturated heterocycles. The molecule has 0 saturated carbocycles. The number of hydrogen-bond donors (Lipinski definition) is 2. The maximum atomic E-state index is 13.4. The lowest BCUT2D eigenvalue weighted by Gasteiger charge is -2.17. The second-order valence-corrected chi connectivity index (χ2v) is 7.92. The molecule has 0 bridgehead atoms. The first kappa shape index (κ1) is 21.2. The quantitative estimate of drug-likeness (QED) is 0.558. The topological polar surface area (TPSA) is 72.7 Å². The van der Waals surface area contributed by atoms with Crippen molar-refractivity contribution in [3.8, 4) is 17.1 Å². The van der Waals surface area contributed by atoms with Crippen LogP contribution >= 0.6 is 0 Å². The lowest BCUT2D eigenvalue weighted by Crippen LogP contribution is -2.19. The first-order valence-electron chi connectivity index (χ1n) is 10.6. The fourth-order valence-corrected chi connectivity index (χ4v) is 3.80. The van der Waals surface area contributed by atoms with E-state index in [9.17, 15) is 9.18 Å². The van der Waals surface area contributed by atoms with Gasteiger partial charge in [0.05, 0.1) is 23.5 Å². The first-order valence-corrected chi connectivity index (χ1v) is 10.6. The van der Waals surface area contributed by atoms with Crippen molar-refractivity contribution in [1.29, 1.82) is 0 Å². The number of amides is 1. The SMILES string of the molecule is CNC(=O)c1c(-c2ccc(F)cc2)oc2cc(NCC3CCCO3)c(OC(C)C)cc12. The van der Waals surface area contributed by atoms with Crippen molar-refractivity contribution >= 4 is 22.6 Å². The molecular weight excluding hydrogens is 399 g/mol. The molecular formula is C24H27FN2O4. The third kappa shape index (κ3) is 4.51. The highest BCUT2D eigenvalue weighted by atomic mass is 19.1. The van der Waals surface area contributed by atoms with Gasteiger partial charge in [-0.3, -0.25) is 4.79 Å². The standard InChI is InChI=1S/C24H27FN2O4/c1-14(2)30-21-11-18-20(12-19(21)27-13-17-5-4-10-29-17)31-23(22(18)24(28)26-3)15-6-8-16(25)9-7-15/h6-9,11-12,14,17,27H,4-5,10,13H2,1-3H3,(H,26,28). The number of anilines is 1. The van der Waals surface area contributed by atoms with Gasteiger partial charge in [-0.15, -0.1) is 0 Å². The summed E-state index contributed by atoms with van der Waals surface area (Å²) in [5.74, 6) is 0.390. The molecule has 1 atom stereocenters. The van der Waals surface area contributed by atoms with E-state index >= 15 is 0 Å². The molecule has 31 heavy (non-hydrogen) atoms. The van der Waals surface area contributed by atoms with Gasteiger partial charge in [0.25, 0.3) is 5.91 Å². The van der Waals surface area contributed by atoms with Crippen LogP contribution in [0.1, 0.15) is 37.0 Å². The number of hydrogen-bond acceptors (Lipinski definition) is 5. The predicted octanol–water partition coefficient (Wildman–Crippen LogP) is 4.98. The summed E-state index contributed by atoms with van der Waals surface area (Å²) in [4.78, 5) is 12.7. The van der Waals surface area contributed by atoms with Crippen molar-refractivity contribution in [3.63, 3.8) is 0 Å². The van der Waals surface area contributed by atoms with E-state index in [1.54, 1.807) is 19.2 Å². The minimum Gasteiger partial charge on any atom is -0.489 e. The molecule has 0 radical (unpaired) electrons. The maximum Gasteiger partial charge on any atom is 0.255 e. The number of benzene rings is 2. The van der Waals surface area contributed by atoms with E-state index in [4.69, 9.17) is 13.9 Å². The molecule has 1 aromatic heterocycles.